The van der Waals surface area contributed by atoms with Crippen molar-refractivity contribution < 1.29 is 8.85 Å². The number of ether oxygens (including phenoxy) is 1. The van der Waals surface area contributed by atoms with Crippen LogP contribution in [0.2, 0.25) is 0 Å². The third-order valence-corrected chi connectivity index (χ3v) is 9.68. The second-order valence-electron chi connectivity index (χ2n) is 10.2. The fourth-order valence-electron chi connectivity index (χ4n) is 4.50. The van der Waals surface area contributed by atoms with Crippen LogP contribution in [0.1, 0.15) is 30.4 Å². The van der Waals surface area contributed by atoms with Gasteiger partial charge in [0.2, 0.25) is 0 Å². The number of hydrogen-bond donors (Lipinski definition) is 0. The maximum atomic E-state index is 7.67. The van der Waals surface area contributed by atoms with Crippen molar-refractivity contribution in [2.45, 2.75) is 26.2 Å². The van der Waals surface area contributed by atoms with Crippen LogP contribution in [0, 0.1) is 0 Å². The molecule has 186 valence electrons. The standard InChI is InChI=1S/C31H30N4OTe/c1-31(2,3)22-14-15-32-30(18-22)35-26-10-5-6-11-28(26)37-29-13-12-25(20-27(29)35)36-24-9-7-8-23(19-24)34-17-16-33(4)21-34/h5-20H,21H2,1-4H3/i4D3. The number of rotatable bonds is 4. The van der Waals surface area contributed by atoms with Crippen LogP contribution < -0.4 is 21.8 Å². The Balaban J connectivity index is 1.33. The number of benzene rings is 3. The van der Waals surface area contributed by atoms with Gasteiger partial charge in [-0.2, -0.15) is 0 Å². The molecule has 37 heavy (non-hydrogen) atoms. The Morgan fingerprint density at radius 3 is 2.54 bits per heavy atom. The van der Waals surface area contributed by atoms with Crippen LogP contribution in [0.25, 0.3) is 0 Å². The van der Waals surface area contributed by atoms with Gasteiger partial charge in [-0.15, -0.1) is 0 Å². The van der Waals surface area contributed by atoms with Crippen LogP contribution in [0.5, 0.6) is 11.5 Å². The molecule has 0 N–H and O–H groups in total. The van der Waals surface area contributed by atoms with Gasteiger partial charge in [0.05, 0.1) is 0 Å². The topological polar surface area (TPSA) is 31.8 Å². The molecule has 0 fully saturated rings. The van der Waals surface area contributed by atoms with E-state index >= 15 is 0 Å². The van der Waals surface area contributed by atoms with Crippen molar-refractivity contribution >= 4 is 51.0 Å². The van der Waals surface area contributed by atoms with E-state index < -0.39 is 27.9 Å². The molecular formula is C31H30N4OTe. The molecule has 0 saturated carbocycles. The molecule has 0 aliphatic carbocycles. The molecule has 6 heteroatoms. The number of pyridine rings is 1. The number of anilines is 4. The fourth-order valence-corrected chi connectivity index (χ4v) is 7.46. The second-order valence-corrected chi connectivity index (χ2v) is 13.3. The van der Waals surface area contributed by atoms with Crippen molar-refractivity contribution in [1.29, 1.82) is 0 Å². The molecular weight excluding hydrogens is 572 g/mol. The third-order valence-electron chi connectivity index (χ3n) is 6.45. The molecule has 6 rings (SSSR count). The van der Waals surface area contributed by atoms with Crippen molar-refractivity contribution in [1.82, 2.24) is 9.88 Å². The van der Waals surface area contributed by atoms with Crippen LogP contribution in [0.15, 0.2) is 97.5 Å². The molecule has 0 unspecified atom stereocenters. The van der Waals surface area contributed by atoms with E-state index in [2.05, 4.69) is 74.2 Å². The summed E-state index contributed by atoms with van der Waals surface area (Å²) in [5.41, 5.74) is 4.38. The van der Waals surface area contributed by atoms with Gasteiger partial charge in [-0.05, 0) is 0 Å². The first-order valence-corrected chi connectivity index (χ1v) is 14.6. The van der Waals surface area contributed by atoms with E-state index in [-0.39, 0.29) is 12.1 Å². The monoisotopic (exact) mass is 607 g/mol. The predicted molar refractivity (Wildman–Crippen MR) is 153 cm³/mol. The van der Waals surface area contributed by atoms with E-state index in [0.29, 0.717) is 5.75 Å². The molecule has 4 aromatic rings. The SMILES string of the molecule is [2H]C([2H])([2H])N1C=CN(c2cccc(Oc3ccc4c(c3)N(c3cc(C(C)(C)C)ccn3)c3ccccc3[Te]4)c2)C1. The van der Waals surface area contributed by atoms with Gasteiger partial charge in [0.25, 0.3) is 0 Å². The fraction of sp³-hybridized carbons (Fsp3) is 0.194. The average molecular weight is 605 g/mol. The molecule has 1 aromatic heterocycles. The molecule has 2 aliphatic rings. The normalized spacial score (nSPS) is 16.1. The summed E-state index contributed by atoms with van der Waals surface area (Å²) in [6.07, 6.45) is 5.28. The zero-order valence-electron chi connectivity index (χ0n) is 24.1. The van der Waals surface area contributed by atoms with Crippen molar-refractivity contribution in [3.8, 4) is 11.5 Å². The zero-order valence-corrected chi connectivity index (χ0v) is 23.4. The molecule has 2 aliphatic heterocycles. The van der Waals surface area contributed by atoms with Crippen LogP contribution >= 0.6 is 0 Å². The summed E-state index contributed by atoms with van der Waals surface area (Å²) in [6, 6.07) is 26.9. The first-order chi connectivity index (χ1) is 19.1. The summed E-state index contributed by atoms with van der Waals surface area (Å²) < 4.78 is 32.1. The van der Waals surface area contributed by atoms with Crippen molar-refractivity contribution in [2.24, 2.45) is 0 Å². The van der Waals surface area contributed by atoms with Gasteiger partial charge in [0.15, 0.2) is 0 Å². The van der Waals surface area contributed by atoms with E-state index in [1.165, 1.54) is 23.4 Å². The Morgan fingerprint density at radius 2 is 1.70 bits per heavy atom. The van der Waals surface area contributed by atoms with Crippen molar-refractivity contribution in [3.05, 3.63) is 103 Å². The number of nitrogens with zero attached hydrogens (tertiary/aromatic N) is 4. The molecule has 0 amide bonds. The van der Waals surface area contributed by atoms with Gasteiger partial charge < -0.3 is 0 Å². The van der Waals surface area contributed by atoms with Crippen molar-refractivity contribution in [2.75, 3.05) is 23.4 Å². The van der Waals surface area contributed by atoms with E-state index in [1.54, 1.807) is 12.4 Å². The van der Waals surface area contributed by atoms with Crippen LogP contribution in [0.4, 0.5) is 22.9 Å². The van der Waals surface area contributed by atoms with Gasteiger partial charge >= 0.3 is 230 Å². The Hall–Kier alpha value is -3.46. The molecule has 0 spiro atoms. The Bertz CT molecular complexity index is 1600. The van der Waals surface area contributed by atoms with E-state index in [9.17, 15) is 0 Å². The van der Waals surface area contributed by atoms with Crippen LogP contribution in [0.3, 0.4) is 0 Å². The van der Waals surface area contributed by atoms with Gasteiger partial charge in [0.1, 0.15) is 0 Å². The quantitative estimate of drug-likeness (QED) is 0.243. The number of hydrogen-bond acceptors (Lipinski definition) is 5. The molecule has 0 saturated heterocycles. The van der Waals surface area contributed by atoms with E-state index in [1.807, 2.05) is 41.4 Å². The Labute approximate surface area is 233 Å². The van der Waals surface area contributed by atoms with Gasteiger partial charge in [0, 0.05) is 4.11 Å². The summed E-state index contributed by atoms with van der Waals surface area (Å²) in [4.78, 5) is 10.3. The van der Waals surface area contributed by atoms with Crippen LogP contribution in [-0.4, -0.2) is 44.5 Å². The zero-order chi connectivity index (χ0) is 28.1. The van der Waals surface area contributed by atoms with Crippen molar-refractivity contribution in [3.63, 3.8) is 0 Å². The first kappa shape index (κ1) is 20.6. The second kappa shape index (κ2) is 9.45. The van der Waals surface area contributed by atoms with Gasteiger partial charge in [-0.3, -0.25) is 0 Å². The summed E-state index contributed by atoms with van der Waals surface area (Å²) in [6.45, 7) is 4.75. The summed E-state index contributed by atoms with van der Waals surface area (Å²) >= 11 is -0.582. The molecule has 0 atom stereocenters. The third kappa shape index (κ3) is 4.80. The maximum absolute atomic E-state index is 7.67. The predicted octanol–water partition coefficient (Wildman–Crippen LogP) is 5.79. The van der Waals surface area contributed by atoms with Gasteiger partial charge in [-0.25, -0.2) is 0 Å². The minimum absolute atomic E-state index is 0.00500. The first-order valence-electron chi connectivity index (χ1n) is 13.7. The number of para-hydroxylation sites is 1. The van der Waals surface area contributed by atoms with E-state index in [4.69, 9.17) is 13.8 Å². The number of fused-ring (bicyclic) bond motifs is 2. The Morgan fingerprint density at radius 1 is 0.865 bits per heavy atom. The summed E-state index contributed by atoms with van der Waals surface area (Å²) in [5, 5.41) is 0. The van der Waals surface area contributed by atoms with E-state index in [0.717, 1.165) is 22.9 Å². The van der Waals surface area contributed by atoms with Gasteiger partial charge in [-0.1, -0.05) is 0 Å². The Kier molecular flexibility index (Phi) is 5.25. The summed E-state index contributed by atoms with van der Waals surface area (Å²) in [5.74, 6) is 2.32. The van der Waals surface area contributed by atoms with Crippen LogP contribution in [-0.2, 0) is 5.41 Å². The molecule has 0 radical (unpaired) electrons. The number of aromatic nitrogens is 1. The summed E-state index contributed by atoms with van der Waals surface area (Å²) in [7, 11) is 0. The minimum atomic E-state index is -2.17. The molecule has 3 aromatic carbocycles. The molecule has 0 bridgehead atoms. The average Bonchev–Trinajstić information content (AvgIpc) is 3.43. The molecule has 5 nitrogen and oxygen atoms in total. The molecule has 3 heterocycles.